The summed E-state index contributed by atoms with van der Waals surface area (Å²) in [4.78, 5) is 4.92. The highest BCUT2D eigenvalue weighted by molar-refractivity contribution is 6.47. The van der Waals surface area contributed by atoms with Gasteiger partial charge in [-0.1, -0.05) is 72.2 Å². The van der Waals surface area contributed by atoms with Crippen molar-refractivity contribution in [2.75, 3.05) is 0 Å². The molecule has 4 nitrogen and oxygen atoms in total. The number of hydrogen-bond donors (Lipinski definition) is 1. The summed E-state index contributed by atoms with van der Waals surface area (Å²) in [6, 6.07) is 24.4. The monoisotopic (exact) mass is 422 g/mol. The molecule has 0 aliphatic rings. The van der Waals surface area contributed by atoms with Gasteiger partial charge in [0.25, 0.3) is 0 Å². The zero-order valence-corrected chi connectivity index (χ0v) is 18.7. The van der Waals surface area contributed by atoms with Crippen molar-refractivity contribution in [2.45, 2.75) is 38.9 Å². The minimum atomic E-state index is -0.964. The molecule has 0 aliphatic heterocycles. The van der Waals surface area contributed by atoms with Crippen molar-refractivity contribution >= 4 is 45.8 Å². The number of fused-ring (bicyclic) bond motifs is 5. The molecule has 0 atom stereocenters. The quantitative estimate of drug-likeness (QED) is 0.374. The van der Waals surface area contributed by atoms with Crippen molar-refractivity contribution in [3.8, 4) is 11.3 Å². The Kier molecular flexibility index (Phi) is 4.84. The van der Waals surface area contributed by atoms with Crippen LogP contribution in [-0.4, -0.2) is 28.8 Å². The summed E-state index contributed by atoms with van der Waals surface area (Å²) >= 11 is 0. The average Bonchev–Trinajstić information content (AvgIpc) is 3.15. The van der Waals surface area contributed by atoms with E-state index >= 15 is 0 Å². The normalized spacial score (nSPS) is 12.7. The molecule has 5 aromatic rings. The Labute approximate surface area is 188 Å². The lowest BCUT2D eigenvalue weighted by Crippen LogP contribution is -2.49. The third kappa shape index (κ3) is 3.48. The lowest BCUT2D eigenvalue weighted by molar-refractivity contribution is -0.0893. The highest BCUT2D eigenvalue weighted by Gasteiger charge is 2.35. The van der Waals surface area contributed by atoms with Crippen LogP contribution in [0.2, 0.25) is 0 Å². The molecule has 0 unspecified atom stereocenters. The van der Waals surface area contributed by atoms with Gasteiger partial charge in [0.15, 0.2) is 0 Å². The van der Waals surface area contributed by atoms with Crippen molar-refractivity contribution in [1.82, 2.24) is 4.98 Å². The smallest absolute Gasteiger partial charge is 0.330 e. The number of furan rings is 1. The molecule has 159 valence electrons. The van der Waals surface area contributed by atoms with Gasteiger partial charge in [0, 0.05) is 16.3 Å². The number of hydrogen-bond acceptors (Lipinski definition) is 4. The molecule has 2 heterocycles. The minimum absolute atomic E-state index is 0.644. The van der Waals surface area contributed by atoms with Gasteiger partial charge in [0.05, 0.1) is 22.3 Å². The molecule has 0 fully saturated rings. The Morgan fingerprint density at radius 1 is 0.812 bits per heavy atom. The van der Waals surface area contributed by atoms with Gasteiger partial charge in [0.2, 0.25) is 5.71 Å². The van der Waals surface area contributed by atoms with E-state index in [1.54, 1.807) is 21.3 Å². The summed E-state index contributed by atoms with van der Waals surface area (Å²) in [6.07, 6.45) is 0. The minimum Gasteiger partial charge on any atom is -0.438 e. The van der Waals surface area contributed by atoms with Gasteiger partial charge in [0.1, 0.15) is 5.58 Å². The van der Waals surface area contributed by atoms with Crippen molar-refractivity contribution in [3.63, 3.8) is 0 Å². The van der Waals surface area contributed by atoms with Gasteiger partial charge in [-0.3, -0.25) is 0 Å². The van der Waals surface area contributed by atoms with E-state index in [-0.39, 0.29) is 0 Å². The summed E-state index contributed by atoms with van der Waals surface area (Å²) < 4.78 is 12.0. The summed E-state index contributed by atoms with van der Waals surface area (Å²) in [5, 5.41) is 14.6. The number of aromatic nitrogens is 1. The first-order valence-corrected chi connectivity index (χ1v) is 10.8. The van der Waals surface area contributed by atoms with Crippen LogP contribution in [0.25, 0.3) is 44.1 Å². The molecule has 0 saturated heterocycles. The van der Waals surface area contributed by atoms with Gasteiger partial charge >= 0.3 is 7.48 Å². The third-order valence-electron chi connectivity index (χ3n) is 6.39. The molecule has 5 rings (SSSR count). The van der Waals surface area contributed by atoms with Crippen molar-refractivity contribution in [2.24, 2.45) is 0 Å². The number of pyridine rings is 1. The first kappa shape index (κ1) is 20.7. The Hall–Kier alpha value is -3.15. The highest BCUT2D eigenvalue weighted by Crippen LogP contribution is 2.37. The standard InChI is InChI=1S/C27H25BNO3/c1-26(2,30)27(3,4)32-28-18-15-13-17(14-16-18)24-20-10-6-5-9-19(20)23-21-11-7-8-12-22(21)31-25(23)29-24/h5-16,30H,1-4H3. The zero-order chi connectivity index (χ0) is 22.5. The van der Waals surface area contributed by atoms with Crippen molar-refractivity contribution < 1.29 is 14.2 Å². The fourth-order valence-corrected chi connectivity index (χ4v) is 3.74. The molecule has 1 radical (unpaired) electrons. The predicted molar refractivity (Wildman–Crippen MR) is 131 cm³/mol. The molecule has 1 N–H and O–H groups in total. The van der Waals surface area contributed by atoms with Crippen LogP contribution in [0.15, 0.2) is 77.2 Å². The van der Waals surface area contributed by atoms with Gasteiger partial charge in [-0.2, -0.15) is 0 Å². The molecule has 5 heteroatoms. The second kappa shape index (κ2) is 7.47. The van der Waals surface area contributed by atoms with Gasteiger partial charge < -0.3 is 14.2 Å². The summed E-state index contributed by atoms with van der Waals surface area (Å²) in [6.45, 7) is 7.23. The average molecular weight is 422 g/mol. The number of nitrogens with zero attached hydrogens (tertiary/aromatic N) is 1. The number of para-hydroxylation sites is 1. The van der Waals surface area contributed by atoms with E-state index in [0.717, 1.165) is 43.8 Å². The van der Waals surface area contributed by atoms with Crippen molar-refractivity contribution in [3.05, 3.63) is 72.8 Å². The molecule has 3 aromatic carbocycles. The first-order chi connectivity index (χ1) is 15.2. The van der Waals surface area contributed by atoms with E-state index in [9.17, 15) is 5.11 Å². The Morgan fingerprint density at radius 2 is 1.44 bits per heavy atom. The zero-order valence-electron chi connectivity index (χ0n) is 18.7. The van der Waals surface area contributed by atoms with Crippen LogP contribution >= 0.6 is 0 Å². The van der Waals surface area contributed by atoms with E-state index in [1.807, 2.05) is 68.4 Å². The van der Waals surface area contributed by atoms with Crippen LogP contribution in [0.4, 0.5) is 0 Å². The van der Waals surface area contributed by atoms with Crippen LogP contribution < -0.4 is 5.46 Å². The van der Waals surface area contributed by atoms with Gasteiger partial charge in [-0.05, 0) is 39.1 Å². The lowest BCUT2D eigenvalue weighted by atomic mass is 9.82. The molecule has 2 aromatic heterocycles. The van der Waals surface area contributed by atoms with E-state index in [4.69, 9.17) is 14.1 Å². The number of aliphatic hydroxyl groups is 1. The van der Waals surface area contributed by atoms with Crippen LogP contribution in [0, 0.1) is 0 Å². The Bertz CT molecular complexity index is 1430. The maximum absolute atomic E-state index is 10.3. The topological polar surface area (TPSA) is 55.5 Å². The molecule has 0 saturated carbocycles. The molecule has 32 heavy (non-hydrogen) atoms. The second-order valence-corrected chi connectivity index (χ2v) is 9.21. The summed E-state index contributed by atoms with van der Waals surface area (Å²) in [5.74, 6) is 0. The van der Waals surface area contributed by atoms with E-state index in [2.05, 4.69) is 18.2 Å². The largest absolute Gasteiger partial charge is 0.438 e. The summed E-state index contributed by atoms with van der Waals surface area (Å²) in [7, 11) is 1.69. The fourth-order valence-electron chi connectivity index (χ4n) is 3.74. The van der Waals surface area contributed by atoms with E-state index in [1.165, 1.54) is 0 Å². The van der Waals surface area contributed by atoms with Crippen LogP contribution in [0.3, 0.4) is 0 Å². The predicted octanol–water partition coefficient (Wildman–Crippen LogP) is 5.61. The maximum Gasteiger partial charge on any atom is 0.330 e. The Balaban J connectivity index is 1.55. The molecule has 0 aliphatic carbocycles. The van der Waals surface area contributed by atoms with Gasteiger partial charge in [-0.15, -0.1) is 0 Å². The highest BCUT2D eigenvalue weighted by atomic mass is 16.5. The van der Waals surface area contributed by atoms with Crippen molar-refractivity contribution in [1.29, 1.82) is 0 Å². The first-order valence-electron chi connectivity index (χ1n) is 10.8. The van der Waals surface area contributed by atoms with E-state index in [0.29, 0.717) is 5.71 Å². The fraction of sp³-hybridized carbons (Fsp3) is 0.222. The van der Waals surface area contributed by atoms with Gasteiger partial charge in [-0.25, -0.2) is 4.98 Å². The summed E-state index contributed by atoms with van der Waals surface area (Å²) in [5.41, 5.74) is 2.61. The second-order valence-electron chi connectivity index (χ2n) is 9.21. The molecule has 0 bridgehead atoms. The van der Waals surface area contributed by atoms with Crippen LogP contribution in [0.1, 0.15) is 27.7 Å². The van der Waals surface area contributed by atoms with Crippen LogP contribution in [0.5, 0.6) is 0 Å². The van der Waals surface area contributed by atoms with Crippen LogP contribution in [-0.2, 0) is 4.65 Å². The lowest BCUT2D eigenvalue weighted by Gasteiger charge is -2.37. The third-order valence-corrected chi connectivity index (χ3v) is 6.39. The van der Waals surface area contributed by atoms with E-state index < -0.39 is 11.2 Å². The molecule has 0 spiro atoms. The molecular formula is C27H25BNO3. The maximum atomic E-state index is 10.3. The SMILES string of the molecule is CC(C)(O)C(C)(C)O[B]c1ccc(-c2nc3oc4ccccc4c3c3ccccc23)cc1. The Morgan fingerprint density at radius 3 is 2.12 bits per heavy atom. The molecule has 0 amide bonds. The molecular weight excluding hydrogens is 397 g/mol. The number of benzene rings is 3. The number of rotatable bonds is 5.